The highest BCUT2D eigenvalue weighted by molar-refractivity contribution is 6.02. The van der Waals surface area contributed by atoms with E-state index in [0.29, 0.717) is 25.0 Å². The number of nitrogens with one attached hydrogen (secondary N) is 4. The van der Waals surface area contributed by atoms with Gasteiger partial charge in [-0.3, -0.25) is 19.2 Å². The molecule has 1 aliphatic rings. The van der Waals surface area contributed by atoms with Crippen molar-refractivity contribution < 1.29 is 33.4 Å². The molecule has 1 aromatic rings. The predicted molar refractivity (Wildman–Crippen MR) is 163 cm³/mol. The highest BCUT2D eigenvalue weighted by atomic mass is 16.6. The lowest BCUT2D eigenvalue weighted by Gasteiger charge is -2.31. The van der Waals surface area contributed by atoms with E-state index in [-0.39, 0.29) is 31.1 Å². The van der Waals surface area contributed by atoms with Crippen LogP contribution in [0, 0.1) is 5.92 Å². The Labute approximate surface area is 254 Å². The number of hydrogen-bond donors (Lipinski definition) is 4. The van der Waals surface area contributed by atoms with Crippen LogP contribution in [0.25, 0.3) is 0 Å². The molecule has 1 saturated heterocycles. The van der Waals surface area contributed by atoms with Gasteiger partial charge >= 0.3 is 6.09 Å². The van der Waals surface area contributed by atoms with E-state index in [2.05, 4.69) is 21.3 Å². The molecule has 5 atom stereocenters. The first-order valence-corrected chi connectivity index (χ1v) is 15.0. The maximum absolute atomic E-state index is 13.6. The average molecular weight is 601 g/mol. The van der Waals surface area contributed by atoms with E-state index in [9.17, 15) is 24.0 Å². The van der Waals surface area contributed by atoms with Crippen molar-refractivity contribution in [1.29, 1.82) is 0 Å². The van der Waals surface area contributed by atoms with Crippen LogP contribution in [0.2, 0.25) is 0 Å². The number of ketones is 1. The smallest absolute Gasteiger partial charge is 0.408 e. The first-order chi connectivity index (χ1) is 20.2. The van der Waals surface area contributed by atoms with Gasteiger partial charge in [0.15, 0.2) is 5.78 Å². The molecule has 4 amide bonds. The Bertz CT molecular complexity index is 1150. The molecule has 2 rings (SSSR count). The molecule has 238 valence electrons. The zero-order valence-corrected chi connectivity index (χ0v) is 26.5. The van der Waals surface area contributed by atoms with Crippen LogP contribution in [0.1, 0.15) is 79.7 Å². The van der Waals surface area contributed by atoms with Gasteiger partial charge in [-0.1, -0.05) is 49.8 Å². The van der Waals surface area contributed by atoms with E-state index in [1.54, 1.807) is 26.8 Å². The van der Waals surface area contributed by atoms with E-state index >= 15 is 0 Å². The van der Waals surface area contributed by atoms with Gasteiger partial charge in [0.1, 0.15) is 18.7 Å². The van der Waals surface area contributed by atoms with Crippen LogP contribution in [0.5, 0.6) is 0 Å². The van der Waals surface area contributed by atoms with Crippen molar-refractivity contribution in [2.75, 3.05) is 6.54 Å². The van der Waals surface area contributed by atoms with Crippen molar-refractivity contribution >= 4 is 29.6 Å². The average Bonchev–Trinajstić information content (AvgIpc) is 3.36. The number of carbonyl (C=O) groups excluding carboxylic acids is 5. The lowest BCUT2D eigenvalue weighted by Crippen LogP contribution is -2.59. The molecule has 1 fully saturated rings. The molecular weight excluding hydrogens is 552 g/mol. The van der Waals surface area contributed by atoms with E-state index in [1.807, 2.05) is 58.0 Å². The summed E-state index contributed by atoms with van der Waals surface area (Å²) in [7, 11) is 0. The highest BCUT2D eigenvalue weighted by Gasteiger charge is 2.36. The number of Topliss-reactive ketones (excluding diaryl/α,β-unsaturated/α-hetero) is 1. The lowest BCUT2D eigenvalue weighted by atomic mass is 9.92. The monoisotopic (exact) mass is 600 g/mol. The molecule has 0 spiro atoms. The van der Waals surface area contributed by atoms with Gasteiger partial charge in [-0.15, -0.1) is 0 Å². The van der Waals surface area contributed by atoms with Crippen molar-refractivity contribution in [3.8, 4) is 0 Å². The summed E-state index contributed by atoms with van der Waals surface area (Å²) in [4.78, 5) is 65.2. The van der Waals surface area contributed by atoms with Crippen LogP contribution in [0.15, 0.2) is 42.0 Å². The number of benzene rings is 1. The topological polar surface area (TPSA) is 152 Å². The molecule has 1 heterocycles. The van der Waals surface area contributed by atoms with Crippen molar-refractivity contribution in [3.63, 3.8) is 0 Å². The molecule has 1 unspecified atom stereocenters. The van der Waals surface area contributed by atoms with Gasteiger partial charge < -0.3 is 30.7 Å². The van der Waals surface area contributed by atoms with Crippen molar-refractivity contribution in [2.24, 2.45) is 5.92 Å². The predicted octanol–water partition coefficient (Wildman–Crippen LogP) is 3.32. The van der Waals surface area contributed by atoms with E-state index < -0.39 is 53.7 Å². The van der Waals surface area contributed by atoms with Gasteiger partial charge in [-0.05, 0) is 71.9 Å². The third kappa shape index (κ3) is 11.8. The molecule has 0 radical (unpaired) electrons. The van der Waals surface area contributed by atoms with E-state index in [0.717, 1.165) is 5.56 Å². The first kappa shape index (κ1) is 35.5. The Morgan fingerprint density at radius 2 is 1.70 bits per heavy atom. The molecule has 11 nitrogen and oxygen atoms in total. The van der Waals surface area contributed by atoms with Crippen molar-refractivity contribution in [3.05, 3.63) is 47.5 Å². The molecule has 1 aliphatic heterocycles. The Hall–Kier alpha value is -3.73. The van der Waals surface area contributed by atoms with Crippen molar-refractivity contribution in [1.82, 2.24) is 21.3 Å². The summed E-state index contributed by atoms with van der Waals surface area (Å²) in [6, 6.07) is 6.01. The number of ether oxygens (including phenoxy) is 2. The van der Waals surface area contributed by atoms with Gasteiger partial charge in [0.2, 0.25) is 17.7 Å². The third-order valence-corrected chi connectivity index (χ3v) is 7.13. The summed E-state index contributed by atoms with van der Waals surface area (Å²) in [6.07, 6.45) is 1.63. The number of hydrogen-bond acceptors (Lipinski definition) is 7. The fourth-order valence-corrected chi connectivity index (χ4v) is 4.81. The fraction of sp³-hybridized carbons (Fsp3) is 0.594. The molecule has 4 N–H and O–H groups in total. The van der Waals surface area contributed by atoms with Gasteiger partial charge in [-0.2, -0.15) is 0 Å². The van der Waals surface area contributed by atoms with E-state index in [1.165, 1.54) is 0 Å². The summed E-state index contributed by atoms with van der Waals surface area (Å²) in [6.45, 7) is 12.9. The fourth-order valence-electron chi connectivity index (χ4n) is 4.81. The Balaban J connectivity index is 2.20. The zero-order valence-electron chi connectivity index (χ0n) is 26.5. The number of carbonyl (C=O) groups is 5. The van der Waals surface area contributed by atoms with Crippen LogP contribution >= 0.6 is 0 Å². The summed E-state index contributed by atoms with van der Waals surface area (Å²) in [5, 5.41) is 10.9. The van der Waals surface area contributed by atoms with Crippen LogP contribution in [0.3, 0.4) is 0 Å². The van der Waals surface area contributed by atoms with Crippen LogP contribution < -0.4 is 21.3 Å². The second-order valence-corrected chi connectivity index (χ2v) is 11.9. The van der Waals surface area contributed by atoms with Gasteiger partial charge in [0.05, 0.1) is 17.7 Å². The summed E-state index contributed by atoms with van der Waals surface area (Å²) in [5.74, 6) is -2.02. The summed E-state index contributed by atoms with van der Waals surface area (Å²) in [5.41, 5.74) is 0.620. The van der Waals surface area contributed by atoms with Gasteiger partial charge in [0.25, 0.3) is 0 Å². The second kappa shape index (κ2) is 16.8. The largest absolute Gasteiger partial charge is 0.445 e. The quantitative estimate of drug-likeness (QED) is 0.225. The molecule has 43 heavy (non-hydrogen) atoms. The van der Waals surface area contributed by atoms with Crippen LogP contribution in [-0.2, 0) is 35.3 Å². The molecule has 1 aromatic carbocycles. The Morgan fingerprint density at radius 3 is 2.26 bits per heavy atom. The minimum Gasteiger partial charge on any atom is -0.445 e. The van der Waals surface area contributed by atoms with Crippen LogP contribution in [-0.4, -0.2) is 66.0 Å². The molecule has 11 heteroatoms. The summed E-state index contributed by atoms with van der Waals surface area (Å²) < 4.78 is 11.3. The number of amides is 4. The lowest BCUT2D eigenvalue weighted by molar-refractivity contribution is -0.136. The maximum atomic E-state index is 13.6. The number of alkyl carbamates (subject to hydrolysis) is 1. The Kier molecular flexibility index (Phi) is 13.8. The number of allylic oxidation sites excluding steroid dienone is 1. The third-order valence-electron chi connectivity index (χ3n) is 7.13. The van der Waals surface area contributed by atoms with Gasteiger partial charge in [-0.25, -0.2) is 4.79 Å². The first-order valence-electron chi connectivity index (χ1n) is 15.0. The highest BCUT2D eigenvalue weighted by Crippen LogP contribution is 2.19. The molecular formula is C32H48N4O7. The maximum Gasteiger partial charge on any atom is 0.408 e. The normalized spacial score (nSPS) is 18.1. The van der Waals surface area contributed by atoms with Gasteiger partial charge in [0, 0.05) is 12.5 Å². The van der Waals surface area contributed by atoms with Crippen molar-refractivity contribution in [2.45, 2.75) is 111 Å². The molecule has 0 aliphatic carbocycles. The zero-order chi connectivity index (χ0) is 32.2. The Morgan fingerprint density at radius 1 is 1.05 bits per heavy atom. The second-order valence-electron chi connectivity index (χ2n) is 11.9. The molecule has 0 bridgehead atoms. The molecule has 0 aromatic heterocycles. The van der Waals surface area contributed by atoms with E-state index in [4.69, 9.17) is 9.47 Å². The minimum atomic E-state index is -1.18. The standard InChI is InChI=1S/C32H48N4O7/c1-8-13-24(29(39)35-25(27(37)20(3)9-2)18-23-16-17-33-28(23)38)34-30(40)26(21(4)43-32(5,6)7)36-31(41)42-19-22-14-11-10-12-15-22/h9-12,14-15,21,23-26H,8,13,16-19H2,1-7H3,(H,33,38)(H,34,40)(H,35,39)(H,36,41)/b20-9+/t21?,23-,24-,25-,26-/m0/s1. The summed E-state index contributed by atoms with van der Waals surface area (Å²) >= 11 is 0. The number of rotatable bonds is 15. The van der Waals surface area contributed by atoms with Crippen LogP contribution in [0.4, 0.5) is 4.79 Å². The minimum absolute atomic E-state index is 0.0104. The SMILES string of the molecule is C/C=C(\C)C(=O)[C@H](C[C@@H]1CCNC1=O)NC(=O)[C@H](CCC)NC(=O)[C@@H](NC(=O)OCc1ccccc1)C(C)OC(C)(C)C. The molecule has 0 saturated carbocycles.